The normalized spacial score (nSPS) is 10.9. The van der Waals surface area contributed by atoms with E-state index in [4.69, 9.17) is 4.74 Å². The fourth-order valence-corrected chi connectivity index (χ4v) is 2.40. The van der Waals surface area contributed by atoms with Crippen LogP contribution in [0.3, 0.4) is 0 Å². The molecule has 0 atom stereocenters. The minimum absolute atomic E-state index is 0.855. The lowest BCUT2D eigenvalue weighted by Gasteiger charge is -2.05. The van der Waals surface area contributed by atoms with Crippen LogP contribution in [0, 0.1) is 0 Å². The number of pyridine rings is 1. The number of rotatable bonds is 1. The van der Waals surface area contributed by atoms with Crippen molar-refractivity contribution in [3.8, 4) is 5.75 Å². The first-order chi connectivity index (χ1) is 8.28. The summed E-state index contributed by atoms with van der Waals surface area (Å²) >= 11 is 3.52. The van der Waals surface area contributed by atoms with Gasteiger partial charge in [-0.25, -0.2) is 4.98 Å². The molecule has 0 spiro atoms. The van der Waals surface area contributed by atoms with Crippen LogP contribution in [0.15, 0.2) is 46.9 Å². The minimum Gasteiger partial charge on any atom is -0.497 e. The molecule has 0 aliphatic carbocycles. The molecule has 0 N–H and O–H groups in total. The van der Waals surface area contributed by atoms with Gasteiger partial charge in [-0.2, -0.15) is 0 Å². The van der Waals surface area contributed by atoms with Crippen LogP contribution in [0.25, 0.3) is 21.8 Å². The van der Waals surface area contributed by atoms with Crippen molar-refractivity contribution in [1.29, 1.82) is 0 Å². The molecule has 0 bridgehead atoms. The lowest BCUT2D eigenvalue weighted by atomic mass is 10.1. The van der Waals surface area contributed by atoms with Gasteiger partial charge >= 0.3 is 0 Å². The Bertz CT molecular complexity index is 709. The maximum atomic E-state index is 5.22. The number of hydrogen-bond acceptors (Lipinski definition) is 2. The van der Waals surface area contributed by atoms with Gasteiger partial charge in [-0.15, -0.1) is 0 Å². The number of hydrogen-bond donors (Lipinski definition) is 0. The van der Waals surface area contributed by atoms with Gasteiger partial charge in [0.1, 0.15) is 5.75 Å². The number of para-hydroxylation sites is 1. The van der Waals surface area contributed by atoms with E-state index in [9.17, 15) is 0 Å². The summed E-state index contributed by atoms with van der Waals surface area (Å²) in [4.78, 5) is 4.65. The lowest BCUT2D eigenvalue weighted by Crippen LogP contribution is -1.86. The van der Waals surface area contributed by atoms with E-state index in [1.54, 1.807) is 7.11 Å². The first-order valence-electron chi connectivity index (χ1n) is 5.31. The van der Waals surface area contributed by atoms with Gasteiger partial charge in [0.25, 0.3) is 0 Å². The van der Waals surface area contributed by atoms with E-state index in [2.05, 4.69) is 33.0 Å². The van der Waals surface area contributed by atoms with Gasteiger partial charge in [-0.1, -0.05) is 12.1 Å². The minimum atomic E-state index is 0.855. The summed E-state index contributed by atoms with van der Waals surface area (Å²) in [6.45, 7) is 0. The zero-order valence-electron chi connectivity index (χ0n) is 9.27. The second-order valence-corrected chi connectivity index (χ2v) is 4.71. The third kappa shape index (κ3) is 1.76. The molecule has 2 aromatic carbocycles. The van der Waals surface area contributed by atoms with Gasteiger partial charge in [0.05, 0.1) is 18.1 Å². The summed E-state index contributed by atoms with van der Waals surface area (Å²) < 4.78 is 6.24. The van der Waals surface area contributed by atoms with Crippen LogP contribution < -0.4 is 4.74 Å². The number of methoxy groups -OCH3 is 1. The number of benzene rings is 2. The van der Waals surface area contributed by atoms with Gasteiger partial charge in [0.2, 0.25) is 0 Å². The lowest BCUT2D eigenvalue weighted by molar-refractivity contribution is 0.415. The SMILES string of the molecule is COc1ccc2nc3c(Br)cccc3cc2c1. The maximum Gasteiger partial charge on any atom is 0.119 e. The zero-order chi connectivity index (χ0) is 11.8. The number of aromatic nitrogens is 1. The molecule has 2 nitrogen and oxygen atoms in total. The molecule has 1 aromatic heterocycles. The fourth-order valence-electron chi connectivity index (χ4n) is 1.93. The van der Waals surface area contributed by atoms with Crippen LogP contribution in [0.2, 0.25) is 0 Å². The molecule has 84 valence electrons. The quantitative estimate of drug-likeness (QED) is 0.627. The summed E-state index contributed by atoms with van der Waals surface area (Å²) in [5.41, 5.74) is 1.97. The first-order valence-corrected chi connectivity index (χ1v) is 6.10. The number of fused-ring (bicyclic) bond motifs is 2. The average molecular weight is 288 g/mol. The molecule has 0 fully saturated rings. The van der Waals surface area contributed by atoms with Crippen molar-refractivity contribution in [2.75, 3.05) is 7.11 Å². The summed E-state index contributed by atoms with van der Waals surface area (Å²) in [5.74, 6) is 0.855. The monoisotopic (exact) mass is 287 g/mol. The molecule has 0 aliphatic rings. The van der Waals surface area contributed by atoms with E-state index in [0.29, 0.717) is 0 Å². The molecule has 3 rings (SSSR count). The van der Waals surface area contributed by atoms with E-state index >= 15 is 0 Å². The van der Waals surface area contributed by atoms with Crippen LogP contribution >= 0.6 is 15.9 Å². The van der Waals surface area contributed by atoms with E-state index in [0.717, 1.165) is 32.0 Å². The number of ether oxygens (including phenoxy) is 1. The summed E-state index contributed by atoms with van der Waals surface area (Å²) in [6.07, 6.45) is 0. The summed E-state index contributed by atoms with van der Waals surface area (Å²) in [7, 11) is 1.67. The largest absolute Gasteiger partial charge is 0.497 e. The molecule has 0 radical (unpaired) electrons. The van der Waals surface area contributed by atoms with Crippen molar-refractivity contribution < 1.29 is 4.74 Å². The van der Waals surface area contributed by atoms with Crippen LogP contribution in [0.4, 0.5) is 0 Å². The van der Waals surface area contributed by atoms with E-state index in [1.807, 2.05) is 30.3 Å². The van der Waals surface area contributed by atoms with Gasteiger partial charge in [0.15, 0.2) is 0 Å². The second-order valence-electron chi connectivity index (χ2n) is 3.86. The highest BCUT2D eigenvalue weighted by molar-refractivity contribution is 9.10. The third-order valence-corrected chi connectivity index (χ3v) is 3.44. The van der Waals surface area contributed by atoms with E-state index in [1.165, 1.54) is 0 Å². The highest BCUT2D eigenvalue weighted by atomic mass is 79.9. The number of nitrogens with zero attached hydrogens (tertiary/aromatic N) is 1. The Hall–Kier alpha value is -1.61. The molecule has 0 aliphatic heterocycles. The van der Waals surface area contributed by atoms with Gasteiger partial charge in [0, 0.05) is 15.2 Å². The van der Waals surface area contributed by atoms with Crippen LogP contribution in [0.1, 0.15) is 0 Å². The molecule has 0 unspecified atom stereocenters. The Morgan fingerprint density at radius 1 is 1.06 bits per heavy atom. The van der Waals surface area contributed by atoms with Crippen molar-refractivity contribution in [2.45, 2.75) is 0 Å². The Labute approximate surface area is 107 Å². The van der Waals surface area contributed by atoms with Crippen molar-refractivity contribution in [3.05, 3.63) is 46.9 Å². The molecule has 3 heteroatoms. The highest BCUT2D eigenvalue weighted by Crippen LogP contribution is 2.27. The van der Waals surface area contributed by atoms with Crippen LogP contribution in [-0.4, -0.2) is 12.1 Å². The van der Waals surface area contributed by atoms with Crippen LogP contribution in [-0.2, 0) is 0 Å². The molecule has 0 saturated heterocycles. The van der Waals surface area contributed by atoms with Crippen molar-refractivity contribution in [2.24, 2.45) is 0 Å². The topological polar surface area (TPSA) is 22.1 Å². The standard InChI is InChI=1S/C14H10BrNO/c1-17-11-5-6-13-10(8-11)7-9-3-2-4-12(15)14(9)16-13/h2-8H,1H3. The van der Waals surface area contributed by atoms with Crippen LogP contribution in [0.5, 0.6) is 5.75 Å². The summed E-state index contributed by atoms with van der Waals surface area (Å²) in [5, 5.41) is 2.22. The maximum absolute atomic E-state index is 5.22. The smallest absolute Gasteiger partial charge is 0.119 e. The molecule has 0 saturated carbocycles. The molecule has 0 amide bonds. The Morgan fingerprint density at radius 2 is 1.94 bits per heavy atom. The van der Waals surface area contributed by atoms with E-state index in [-0.39, 0.29) is 0 Å². The molecule has 3 aromatic rings. The molecule has 17 heavy (non-hydrogen) atoms. The fraction of sp³-hybridized carbons (Fsp3) is 0.0714. The Morgan fingerprint density at radius 3 is 2.76 bits per heavy atom. The van der Waals surface area contributed by atoms with Gasteiger partial charge < -0.3 is 4.74 Å². The third-order valence-electron chi connectivity index (χ3n) is 2.80. The predicted octanol–water partition coefficient (Wildman–Crippen LogP) is 4.16. The van der Waals surface area contributed by atoms with E-state index < -0.39 is 0 Å². The second kappa shape index (κ2) is 4.00. The molecular formula is C14H10BrNO. The van der Waals surface area contributed by atoms with Gasteiger partial charge in [-0.3, -0.25) is 0 Å². The Balaban J connectivity index is 2.39. The highest BCUT2D eigenvalue weighted by Gasteiger charge is 2.03. The van der Waals surface area contributed by atoms with Crippen molar-refractivity contribution in [1.82, 2.24) is 4.98 Å². The number of halogens is 1. The average Bonchev–Trinajstić information content (AvgIpc) is 2.36. The Kier molecular flexibility index (Phi) is 2.48. The predicted molar refractivity (Wildman–Crippen MR) is 73.5 cm³/mol. The summed E-state index contributed by atoms with van der Waals surface area (Å²) in [6, 6.07) is 14.1. The molecular weight excluding hydrogens is 278 g/mol. The van der Waals surface area contributed by atoms with Crippen molar-refractivity contribution >= 4 is 37.7 Å². The van der Waals surface area contributed by atoms with Crippen molar-refractivity contribution in [3.63, 3.8) is 0 Å². The zero-order valence-corrected chi connectivity index (χ0v) is 10.9. The van der Waals surface area contributed by atoms with Gasteiger partial charge in [-0.05, 0) is 46.3 Å². The molecule has 1 heterocycles. The first kappa shape index (κ1) is 10.5.